The van der Waals surface area contributed by atoms with Gasteiger partial charge in [0, 0.05) is 5.54 Å². The van der Waals surface area contributed by atoms with Crippen LogP contribution in [0, 0.1) is 13.8 Å². The third-order valence-electron chi connectivity index (χ3n) is 3.98. The van der Waals surface area contributed by atoms with Crippen molar-refractivity contribution in [3.05, 3.63) is 34.9 Å². The average molecular weight is 235 g/mol. The third kappa shape index (κ3) is 2.68. The summed E-state index contributed by atoms with van der Waals surface area (Å²) in [4.78, 5) is 2.19. The fraction of sp³-hybridized carbons (Fsp3) is 0.571. The number of nitrogens with one attached hydrogen (secondary N) is 1. The number of nitrogens with zero attached hydrogens (tertiary/aromatic N) is 1. The van der Waals surface area contributed by atoms with Gasteiger partial charge >= 0.3 is 0 Å². The molecule has 3 N–H and O–H groups in total. The molecule has 0 heterocycles. The van der Waals surface area contributed by atoms with E-state index in [0.717, 1.165) is 0 Å². The molecule has 0 fully saturated rings. The zero-order chi connectivity index (χ0) is 13.2. The van der Waals surface area contributed by atoms with Crippen LogP contribution < -0.4 is 11.3 Å². The van der Waals surface area contributed by atoms with E-state index >= 15 is 0 Å². The molecule has 0 radical (unpaired) electrons. The molecule has 17 heavy (non-hydrogen) atoms. The van der Waals surface area contributed by atoms with Gasteiger partial charge in [0.15, 0.2) is 0 Å². The predicted octanol–water partition coefficient (Wildman–Crippen LogP) is 2.15. The lowest BCUT2D eigenvalue weighted by Gasteiger charge is -2.40. The molecule has 1 aromatic rings. The smallest absolute Gasteiger partial charge is 0.0640 e. The van der Waals surface area contributed by atoms with Gasteiger partial charge in [-0.2, -0.15) is 0 Å². The van der Waals surface area contributed by atoms with Crippen molar-refractivity contribution in [1.29, 1.82) is 0 Å². The summed E-state index contributed by atoms with van der Waals surface area (Å²) in [7, 11) is 4.16. The van der Waals surface area contributed by atoms with Crippen LogP contribution in [0.2, 0.25) is 0 Å². The van der Waals surface area contributed by atoms with Crippen molar-refractivity contribution < 1.29 is 0 Å². The van der Waals surface area contributed by atoms with E-state index in [1.807, 2.05) is 0 Å². The molecule has 0 bridgehead atoms. The molecule has 1 unspecified atom stereocenters. The zero-order valence-electron chi connectivity index (χ0n) is 11.8. The summed E-state index contributed by atoms with van der Waals surface area (Å²) >= 11 is 0. The first kappa shape index (κ1) is 14.2. The summed E-state index contributed by atoms with van der Waals surface area (Å²) in [6.07, 6.45) is 0. The van der Waals surface area contributed by atoms with Gasteiger partial charge in [0.05, 0.1) is 6.04 Å². The van der Waals surface area contributed by atoms with Gasteiger partial charge in [-0.15, -0.1) is 0 Å². The Labute approximate surface area is 105 Å². The first-order valence-corrected chi connectivity index (χ1v) is 6.02. The maximum atomic E-state index is 5.77. The number of rotatable bonds is 4. The summed E-state index contributed by atoms with van der Waals surface area (Å²) in [6, 6.07) is 6.48. The number of aryl methyl sites for hydroxylation is 1. The predicted molar refractivity (Wildman–Crippen MR) is 73.7 cm³/mol. The lowest BCUT2D eigenvalue weighted by atomic mass is 9.85. The maximum Gasteiger partial charge on any atom is 0.0640 e. The first-order chi connectivity index (χ1) is 7.82. The van der Waals surface area contributed by atoms with Gasteiger partial charge in [0.25, 0.3) is 0 Å². The summed E-state index contributed by atoms with van der Waals surface area (Å²) < 4.78 is 0. The van der Waals surface area contributed by atoms with Crippen LogP contribution in [-0.4, -0.2) is 24.5 Å². The molecule has 1 atom stereocenters. The fourth-order valence-corrected chi connectivity index (χ4v) is 2.02. The van der Waals surface area contributed by atoms with Crippen LogP contribution in [0.3, 0.4) is 0 Å². The van der Waals surface area contributed by atoms with Gasteiger partial charge in [-0.1, -0.05) is 18.2 Å². The first-order valence-electron chi connectivity index (χ1n) is 6.02. The zero-order valence-corrected chi connectivity index (χ0v) is 11.8. The van der Waals surface area contributed by atoms with Crippen LogP contribution >= 0.6 is 0 Å². The van der Waals surface area contributed by atoms with Crippen LogP contribution in [0.15, 0.2) is 18.2 Å². The van der Waals surface area contributed by atoms with E-state index in [9.17, 15) is 0 Å². The van der Waals surface area contributed by atoms with E-state index in [0.29, 0.717) is 0 Å². The molecule has 0 amide bonds. The minimum absolute atomic E-state index is 0.0483. The Balaban J connectivity index is 3.23. The highest BCUT2D eigenvalue weighted by molar-refractivity contribution is 5.36. The molecule has 0 saturated carbocycles. The molecular formula is C14H25N3. The summed E-state index contributed by atoms with van der Waals surface area (Å²) in [5.74, 6) is 5.77. The van der Waals surface area contributed by atoms with Gasteiger partial charge in [0.1, 0.15) is 0 Å². The normalized spacial score (nSPS) is 14.1. The number of likely N-dealkylation sites (N-methyl/N-ethyl adjacent to an activating group) is 1. The SMILES string of the molecule is Cc1cccc(C(NN)C(C)(C)N(C)C)c1C. The molecule has 0 aliphatic carbocycles. The van der Waals surface area contributed by atoms with E-state index in [1.165, 1.54) is 16.7 Å². The fourth-order valence-electron chi connectivity index (χ4n) is 2.02. The average Bonchev–Trinajstić information content (AvgIpc) is 2.24. The number of nitrogens with two attached hydrogens (primary N) is 1. The van der Waals surface area contributed by atoms with Gasteiger partial charge < -0.3 is 4.90 Å². The van der Waals surface area contributed by atoms with Gasteiger partial charge in [0.2, 0.25) is 0 Å². The lowest BCUT2D eigenvalue weighted by Crippen LogP contribution is -2.51. The van der Waals surface area contributed by atoms with Crippen molar-refractivity contribution >= 4 is 0 Å². The Morgan fingerprint density at radius 3 is 2.29 bits per heavy atom. The Morgan fingerprint density at radius 2 is 1.82 bits per heavy atom. The maximum absolute atomic E-state index is 5.77. The second-order valence-corrected chi connectivity index (χ2v) is 5.44. The van der Waals surface area contributed by atoms with Crippen molar-refractivity contribution in [2.24, 2.45) is 5.84 Å². The Morgan fingerprint density at radius 1 is 1.24 bits per heavy atom. The molecule has 1 aromatic carbocycles. The Bertz CT molecular complexity index is 383. The number of hydrogen-bond acceptors (Lipinski definition) is 3. The van der Waals surface area contributed by atoms with Gasteiger partial charge in [-0.3, -0.25) is 11.3 Å². The van der Waals surface area contributed by atoms with Crippen molar-refractivity contribution in [3.8, 4) is 0 Å². The lowest BCUT2D eigenvalue weighted by molar-refractivity contribution is 0.138. The molecule has 3 nitrogen and oxygen atoms in total. The van der Waals surface area contributed by atoms with Crippen LogP contribution in [-0.2, 0) is 0 Å². The number of hydrogen-bond donors (Lipinski definition) is 2. The highest BCUT2D eigenvalue weighted by atomic mass is 15.3. The monoisotopic (exact) mass is 235 g/mol. The van der Waals surface area contributed by atoms with Crippen molar-refractivity contribution in [1.82, 2.24) is 10.3 Å². The van der Waals surface area contributed by atoms with Gasteiger partial charge in [-0.25, -0.2) is 0 Å². The van der Waals surface area contributed by atoms with Crippen LogP contribution in [0.5, 0.6) is 0 Å². The summed E-state index contributed by atoms with van der Waals surface area (Å²) in [6.45, 7) is 8.68. The van der Waals surface area contributed by atoms with Crippen molar-refractivity contribution in [3.63, 3.8) is 0 Å². The Hall–Kier alpha value is -0.900. The quantitative estimate of drug-likeness (QED) is 0.620. The molecular weight excluding hydrogens is 210 g/mol. The molecule has 0 aliphatic heterocycles. The molecule has 0 aliphatic rings. The van der Waals surface area contributed by atoms with Crippen molar-refractivity contribution in [2.75, 3.05) is 14.1 Å². The molecule has 0 aromatic heterocycles. The number of hydrazine groups is 1. The largest absolute Gasteiger partial charge is 0.302 e. The third-order valence-corrected chi connectivity index (χ3v) is 3.98. The summed E-state index contributed by atoms with van der Waals surface area (Å²) in [5, 5.41) is 0. The molecule has 3 heteroatoms. The van der Waals surface area contributed by atoms with E-state index in [4.69, 9.17) is 5.84 Å². The highest BCUT2D eigenvalue weighted by Crippen LogP contribution is 2.31. The standard InChI is InChI=1S/C14H25N3/c1-10-8-7-9-12(11(10)2)13(16-15)14(3,4)17(5)6/h7-9,13,16H,15H2,1-6H3. The highest BCUT2D eigenvalue weighted by Gasteiger charge is 2.33. The molecule has 0 spiro atoms. The van der Waals surface area contributed by atoms with E-state index in [-0.39, 0.29) is 11.6 Å². The van der Waals surface area contributed by atoms with Crippen molar-refractivity contribution in [2.45, 2.75) is 39.3 Å². The number of benzene rings is 1. The van der Waals surface area contributed by atoms with Crippen LogP contribution in [0.25, 0.3) is 0 Å². The molecule has 96 valence electrons. The van der Waals surface area contributed by atoms with E-state index in [2.05, 4.69) is 70.3 Å². The minimum Gasteiger partial charge on any atom is -0.302 e. The second-order valence-electron chi connectivity index (χ2n) is 5.44. The van der Waals surface area contributed by atoms with E-state index in [1.54, 1.807) is 0 Å². The Kier molecular flexibility index (Phi) is 4.31. The van der Waals surface area contributed by atoms with E-state index < -0.39 is 0 Å². The second kappa shape index (κ2) is 5.17. The molecule has 0 saturated heterocycles. The topological polar surface area (TPSA) is 41.3 Å². The minimum atomic E-state index is -0.0483. The van der Waals surface area contributed by atoms with Crippen LogP contribution in [0.1, 0.15) is 36.6 Å². The van der Waals surface area contributed by atoms with Gasteiger partial charge in [-0.05, 0) is 58.5 Å². The van der Waals surface area contributed by atoms with Crippen LogP contribution in [0.4, 0.5) is 0 Å². The molecule has 1 rings (SSSR count). The summed E-state index contributed by atoms with van der Waals surface area (Å²) in [5.41, 5.74) is 6.80.